The molecule has 2 aromatic heterocycles. The number of nitrogens with one attached hydrogen (secondary N) is 1. The second-order valence-corrected chi connectivity index (χ2v) is 5.61. The molecule has 5 nitrogen and oxygen atoms in total. The maximum atomic E-state index is 5.38. The Balaban J connectivity index is 1.78. The van der Waals surface area contributed by atoms with E-state index in [-0.39, 0.29) is 0 Å². The summed E-state index contributed by atoms with van der Waals surface area (Å²) in [5.41, 5.74) is 3.04. The van der Waals surface area contributed by atoms with Crippen LogP contribution in [0.2, 0.25) is 0 Å². The molecule has 1 N–H and O–H groups in total. The normalized spacial score (nSPS) is 11.0. The van der Waals surface area contributed by atoms with Gasteiger partial charge in [-0.3, -0.25) is 0 Å². The fourth-order valence-corrected chi connectivity index (χ4v) is 2.92. The lowest BCUT2D eigenvalue weighted by atomic mass is 10.1. The number of benzene rings is 2. The highest BCUT2D eigenvalue weighted by atomic mass is 16.5. The Morgan fingerprint density at radius 3 is 2.79 bits per heavy atom. The molecule has 0 aliphatic heterocycles. The smallest absolute Gasteiger partial charge is 0.119 e. The molecule has 0 radical (unpaired) electrons. The molecule has 0 unspecified atom stereocenters. The number of ether oxygens (including phenoxy) is 1. The quantitative estimate of drug-likeness (QED) is 0.570. The second kappa shape index (κ2) is 6.20. The fraction of sp³-hybridized carbons (Fsp3) is 0.158. The lowest BCUT2D eigenvalue weighted by Gasteiger charge is -2.14. The summed E-state index contributed by atoms with van der Waals surface area (Å²) in [7, 11) is 1.68. The van der Waals surface area contributed by atoms with E-state index in [1.165, 1.54) is 0 Å². The van der Waals surface area contributed by atoms with Gasteiger partial charge in [0.1, 0.15) is 5.75 Å². The Labute approximate surface area is 139 Å². The summed E-state index contributed by atoms with van der Waals surface area (Å²) in [5, 5.41) is 5.76. The SMILES string of the molecule is COc1ccc2nc3ccccc3c(NCCn3ccnc3)c2c1. The number of fused-ring (bicyclic) bond motifs is 2. The van der Waals surface area contributed by atoms with E-state index >= 15 is 0 Å². The maximum absolute atomic E-state index is 5.38. The van der Waals surface area contributed by atoms with E-state index in [9.17, 15) is 0 Å². The van der Waals surface area contributed by atoms with Gasteiger partial charge >= 0.3 is 0 Å². The predicted molar refractivity (Wildman–Crippen MR) is 96.5 cm³/mol. The van der Waals surface area contributed by atoms with Gasteiger partial charge in [-0.25, -0.2) is 9.97 Å². The molecule has 2 aromatic carbocycles. The Kier molecular flexibility index (Phi) is 3.75. The number of hydrogen-bond acceptors (Lipinski definition) is 4. The Morgan fingerprint density at radius 1 is 1.08 bits per heavy atom. The zero-order valence-corrected chi connectivity index (χ0v) is 13.4. The van der Waals surface area contributed by atoms with Crippen LogP contribution in [0.25, 0.3) is 21.8 Å². The Morgan fingerprint density at radius 2 is 1.96 bits per heavy atom. The van der Waals surface area contributed by atoms with Crippen molar-refractivity contribution in [3.63, 3.8) is 0 Å². The monoisotopic (exact) mass is 318 g/mol. The van der Waals surface area contributed by atoms with Gasteiger partial charge in [-0.15, -0.1) is 0 Å². The lowest BCUT2D eigenvalue weighted by Crippen LogP contribution is -2.10. The average molecular weight is 318 g/mol. The van der Waals surface area contributed by atoms with Crippen LogP contribution in [0.5, 0.6) is 5.75 Å². The van der Waals surface area contributed by atoms with Crippen molar-refractivity contribution in [2.45, 2.75) is 6.54 Å². The van der Waals surface area contributed by atoms with E-state index in [4.69, 9.17) is 9.72 Å². The van der Waals surface area contributed by atoms with Gasteiger partial charge in [0.15, 0.2) is 0 Å². The van der Waals surface area contributed by atoms with E-state index < -0.39 is 0 Å². The van der Waals surface area contributed by atoms with Crippen LogP contribution in [0.1, 0.15) is 0 Å². The number of methoxy groups -OCH3 is 1. The number of imidazole rings is 1. The van der Waals surface area contributed by atoms with Gasteiger partial charge in [-0.05, 0) is 24.3 Å². The van der Waals surface area contributed by atoms with Crippen LogP contribution in [0.4, 0.5) is 5.69 Å². The topological polar surface area (TPSA) is 52.0 Å². The molecule has 0 saturated heterocycles. The first kappa shape index (κ1) is 14.5. The van der Waals surface area contributed by atoms with Crippen LogP contribution in [0.15, 0.2) is 61.2 Å². The molecule has 0 fully saturated rings. The van der Waals surface area contributed by atoms with E-state index in [0.717, 1.165) is 46.3 Å². The summed E-state index contributed by atoms with van der Waals surface area (Å²) in [6, 6.07) is 14.2. The fourth-order valence-electron chi connectivity index (χ4n) is 2.92. The highest BCUT2D eigenvalue weighted by Crippen LogP contribution is 2.32. The van der Waals surface area contributed by atoms with Crippen molar-refractivity contribution in [2.24, 2.45) is 0 Å². The van der Waals surface area contributed by atoms with E-state index in [0.29, 0.717) is 0 Å². The highest BCUT2D eigenvalue weighted by molar-refractivity contribution is 6.07. The standard InChI is InChI=1S/C19H18N4O/c1-24-14-6-7-18-16(12-14)19(15-4-2-3-5-17(15)22-18)21-9-11-23-10-8-20-13-23/h2-8,10,12-13H,9,11H2,1H3,(H,21,22). The van der Waals surface area contributed by atoms with Crippen LogP contribution >= 0.6 is 0 Å². The first-order valence-electron chi connectivity index (χ1n) is 7.91. The van der Waals surface area contributed by atoms with Crippen molar-refractivity contribution in [3.8, 4) is 5.75 Å². The third-order valence-electron chi connectivity index (χ3n) is 4.12. The molecule has 0 saturated carbocycles. The average Bonchev–Trinajstić information content (AvgIpc) is 3.14. The molecule has 0 bridgehead atoms. The van der Waals surface area contributed by atoms with Gasteiger partial charge in [-0.2, -0.15) is 0 Å². The summed E-state index contributed by atoms with van der Waals surface area (Å²) in [6.45, 7) is 1.65. The number of rotatable bonds is 5. The van der Waals surface area contributed by atoms with E-state index in [1.54, 1.807) is 13.3 Å². The number of pyridine rings is 1. The zero-order chi connectivity index (χ0) is 16.4. The molecular weight excluding hydrogens is 300 g/mol. The number of para-hydroxylation sites is 1. The third kappa shape index (κ3) is 2.65. The van der Waals surface area contributed by atoms with Crippen LogP contribution in [0.3, 0.4) is 0 Å². The minimum absolute atomic E-state index is 0.802. The van der Waals surface area contributed by atoms with E-state index in [2.05, 4.69) is 20.9 Å². The van der Waals surface area contributed by atoms with Crippen LogP contribution in [0, 0.1) is 0 Å². The molecule has 120 valence electrons. The summed E-state index contributed by atoms with van der Waals surface area (Å²) < 4.78 is 7.44. The van der Waals surface area contributed by atoms with Crippen molar-refractivity contribution in [1.29, 1.82) is 0 Å². The van der Waals surface area contributed by atoms with Crippen LogP contribution < -0.4 is 10.1 Å². The number of aromatic nitrogens is 3. The molecule has 0 amide bonds. The summed E-state index contributed by atoms with van der Waals surface area (Å²) in [6.07, 6.45) is 5.59. The minimum atomic E-state index is 0.802. The molecule has 0 aliphatic carbocycles. The van der Waals surface area contributed by atoms with Crippen molar-refractivity contribution in [2.75, 3.05) is 19.0 Å². The van der Waals surface area contributed by atoms with Gasteiger partial charge in [0.25, 0.3) is 0 Å². The minimum Gasteiger partial charge on any atom is -0.497 e. The lowest BCUT2D eigenvalue weighted by molar-refractivity contribution is 0.415. The molecule has 0 atom stereocenters. The first-order chi connectivity index (χ1) is 11.8. The summed E-state index contributed by atoms with van der Waals surface area (Å²) in [5.74, 6) is 0.831. The van der Waals surface area contributed by atoms with Crippen molar-refractivity contribution < 1.29 is 4.74 Å². The molecule has 2 heterocycles. The summed E-state index contributed by atoms with van der Waals surface area (Å²) >= 11 is 0. The third-order valence-corrected chi connectivity index (χ3v) is 4.12. The Hall–Kier alpha value is -3.08. The zero-order valence-electron chi connectivity index (χ0n) is 13.4. The molecular formula is C19H18N4O. The first-order valence-corrected chi connectivity index (χ1v) is 7.91. The maximum Gasteiger partial charge on any atom is 0.119 e. The van der Waals surface area contributed by atoms with Crippen molar-refractivity contribution in [3.05, 3.63) is 61.2 Å². The predicted octanol–water partition coefficient (Wildman–Crippen LogP) is 3.71. The number of anilines is 1. The van der Waals surface area contributed by atoms with Gasteiger partial charge in [0.2, 0.25) is 0 Å². The molecule has 4 aromatic rings. The van der Waals surface area contributed by atoms with Crippen molar-refractivity contribution >= 4 is 27.5 Å². The second-order valence-electron chi connectivity index (χ2n) is 5.61. The van der Waals surface area contributed by atoms with E-state index in [1.807, 2.05) is 48.9 Å². The Bertz CT molecular complexity index is 979. The molecule has 4 rings (SSSR count). The number of hydrogen-bond donors (Lipinski definition) is 1. The van der Waals surface area contributed by atoms with Gasteiger partial charge in [-0.1, -0.05) is 18.2 Å². The van der Waals surface area contributed by atoms with Gasteiger partial charge in [0.05, 0.1) is 30.2 Å². The number of nitrogens with zero attached hydrogens (tertiary/aromatic N) is 3. The molecule has 0 aliphatic rings. The molecule has 24 heavy (non-hydrogen) atoms. The van der Waals surface area contributed by atoms with Crippen LogP contribution in [-0.4, -0.2) is 28.2 Å². The largest absolute Gasteiger partial charge is 0.497 e. The molecule has 5 heteroatoms. The van der Waals surface area contributed by atoms with Gasteiger partial charge in [0, 0.05) is 36.3 Å². The van der Waals surface area contributed by atoms with Crippen LogP contribution in [-0.2, 0) is 6.54 Å². The highest BCUT2D eigenvalue weighted by Gasteiger charge is 2.09. The molecule has 0 spiro atoms. The van der Waals surface area contributed by atoms with Gasteiger partial charge < -0.3 is 14.6 Å². The summed E-state index contributed by atoms with van der Waals surface area (Å²) in [4.78, 5) is 8.84. The van der Waals surface area contributed by atoms with Crippen molar-refractivity contribution in [1.82, 2.24) is 14.5 Å².